The summed E-state index contributed by atoms with van der Waals surface area (Å²) in [5.74, 6) is 4.63. The van der Waals surface area contributed by atoms with Crippen molar-refractivity contribution in [1.82, 2.24) is 10.3 Å². The van der Waals surface area contributed by atoms with Gasteiger partial charge in [-0.2, -0.15) is 13.2 Å². The Balaban J connectivity index is 2.86. The van der Waals surface area contributed by atoms with Crippen LogP contribution in [0.1, 0.15) is 29.4 Å². The maximum absolute atomic E-state index is 12.0. The lowest BCUT2D eigenvalue weighted by molar-refractivity contribution is -0.123. The van der Waals surface area contributed by atoms with Crippen molar-refractivity contribution in [2.45, 2.75) is 25.9 Å². The highest BCUT2D eigenvalue weighted by molar-refractivity contribution is 5.95. The number of aryl methyl sites for hydroxylation is 1. The number of carbonyl (C=O) groups excluding carboxylic acids is 1. The van der Waals surface area contributed by atoms with Crippen LogP contribution in [-0.4, -0.2) is 23.6 Å². The van der Waals surface area contributed by atoms with Gasteiger partial charge >= 0.3 is 6.18 Å². The fourth-order valence-electron chi connectivity index (χ4n) is 1.46. The molecular weight excluding hydrogens is 261 g/mol. The molecule has 1 amide bonds. The summed E-state index contributed by atoms with van der Waals surface area (Å²) in [6.07, 6.45) is -3.04. The third-order valence-corrected chi connectivity index (χ3v) is 2.24. The third-order valence-electron chi connectivity index (χ3n) is 2.24. The summed E-state index contributed by atoms with van der Waals surface area (Å²) in [5.41, 5.74) is 2.97. The first-order valence-electron chi connectivity index (χ1n) is 5.68. The Hall–Kier alpha value is -1.83. The van der Waals surface area contributed by atoms with Gasteiger partial charge in [0.1, 0.15) is 12.4 Å². The topological polar surface area (TPSA) is 80.0 Å². The summed E-state index contributed by atoms with van der Waals surface area (Å²) in [6, 6.07) is 2.75. The van der Waals surface area contributed by atoms with Crippen molar-refractivity contribution in [3.63, 3.8) is 0 Å². The van der Waals surface area contributed by atoms with E-state index in [4.69, 9.17) is 5.84 Å². The van der Waals surface area contributed by atoms with Crippen molar-refractivity contribution in [1.29, 1.82) is 0 Å². The molecule has 1 rings (SSSR count). The Bertz CT molecular complexity index is 448. The Kier molecular flexibility index (Phi) is 5.11. The molecule has 1 heterocycles. The number of anilines is 1. The summed E-state index contributed by atoms with van der Waals surface area (Å²) < 4.78 is 36.1. The third kappa shape index (κ3) is 5.12. The lowest BCUT2D eigenvalue weighted by Gasteiger charge is -2.10. The van der Waals surface area contributed by atoms with Crippen molar-refractivity contribution in [3.8, 4) is 0 Å². The van der Waals surface area contributed by atoms with E-state index in [1.807, 2.05) is 6.92 Å². The van der Waals surface area contributed by atoms with Crippen molar-refractivity contribution < 1.29 is 18.0 Å². The molecule has 0 saturated heterocycles. The van der Waals surface area contributed by atoms with Gasteiger partial charge in [-0.3, -0.25) is 4.79 Å². The molecule has 0 atom stereocenters. The lowest BCUT2D eigenvalue weighted by atomic mass is 10.1. The highest BCUT2D eigenvalue weighted by Gasteiger charge is 2.28. The normalized spacial score (nSPS) is 11.2. The van der Waals surface area contributed by atoms with Gasteiger partial charge < -0.3 is 10.7 Å². The van der Waals surface area contributed by atoms with Gasteiger partial charge in [-0.25, -0.2) is 10.8 Å². The predicted molar refractivity (Wildman–Crippen MR) is 64.4 cm³/mol. The monoisotopic (exact) mass is 276 g/mol. The molecule has 0 bridgehead atoms. The van der Waals surface area contributed by atoms with E-state index >= 15 is 0 Å². The van der Waals surface area contributed by atoms with E-state index in [-0.39, 0.29) is 11.4 Å². The van der Waals surface area contributed by atoms with Gasteiger partial charge in [-0.1, -0.05) is 13.3 Å². The zero-order valence-corrected chi connectivity index (χ0v) is 10.3. The number of hydrogen-bond donors (Lipinski definition) is 3. The molecule has 0 saturated carbocycles. The first-order valence-corrected chi connectivity index (χ1v) is 5.68. The predicted octanol–water partition coefficient (Wildman–Crippen LogP) is 1.61. The van der Waals surface area contributed by atoms with Crippen molar-refractivity contribution >= 4 is 11.7 Å². The summed E-state index contributed by atoms with van der Waals surface area (Å²) in [7, 11) is 0. The summed E-state index contributed by atoms with van der Waals surface area (Å²) in [5, 5.41) is 1.80. The van der Waals surface area contributed by atoms with Crippen LogP contribution in [0.4, 0.5) is 19.0 Å². The molecule has 0 aromatic carbocycles. The van der Waals surface area contributed by atoms with E-state index in [2.05, 4.69) is 10.4 Å². The first-order chi connectivity index (χ1) is 8.85. The summed E-state index contributed by atoms with van der Waals surface area (Å²) >= 11 is 0. The van der Waals surface area contributed by atoms with Gasteiger partial charge in [0.05, 0.1) is 0 Å². The van der Waals surface area contributed by atoms with Crippen LogP contribution in [0.2, 0.25) is 0 Å². The molecule has 0 spiro atoms. The second-order valence-electron chi connectivity index (χ2n) is 3.92. The molecule has 8 heteroatoms. The molecule has 0 aliphatic heterocycles. The van der Waals surface area contributed by atoms with Crippen LogP contribution >= 0.6 is 0 Å². The summed E-state index contributed by atoms with van der Waals surface area (Å²) in [4.78, 5) is 15.7. The minimum absolute atomic E-state index is 0.0932. The number of pyridine rings is 1. The standard InChI is InChI=1S/C11H15F3N4O/c1-2-3-8-4-7(5-9(17-8)18-15)10(19)16-6-11(12,13)14/h4-5H,2-3,6,15H2,1H3,(H,16,19)(H,17,18). The molecule has 0 unspecified atom stereocenters. The van der Waals surface area contributed by atoms with Gasteiger partial charge in [0.25, 0.3) is 5.91 Å². The molecule has 19 heavy (non-hydrogen) atoms. The lowest BCUT2D eigenvalue weighted by Crippen LogP contribution is -2.33. The molecular formula is C11H15F3N4O. The van der Waals surface area contributed by atoms with Crippen molar-refractivity contribution in [2.75, 3.05) is 12.0 Å². The number of carbonyl (C=O) groups is 1. The van der Waals surface area contributed by atoms with Crippen LogP contribution in [-0.2, 0) is 6.42 Å². The average molecular weight is 276 g/mol. The number of hydrazine groups is 1. The number of halogens is 3. The fourth-order valence-corrected chi connectivity index (χ4v) is 1.46. The van der Waals surface area contributed by atoms with Crippen LogP contribution in [0, 0.1) is 0 Å². The molecule has 1 aromatic rings. The fraction of sp³-hybridized carbons (Fsp3) is 0.455. The quantitative estimate of drug-likeness (QED) is 0.564. The second-order valence-corrected chi connectivity index (χ2v) is 3.92. The minimum atomic E-state index is -4.44. The number of nitrogen functional groups attached to an aromatic ring is 1. The van der Waals surface area contributed by atoms with Crippen molar-refractivity contribution in [3.05, 3.63) is 23.4 Å². The number of alkyl halides is 3. The Morgan fingerprint density at radius 3 is 2.63 bits per heavy atom. The first kappa shape index (κ1) is 15.2. The Morgan fingerprint density at radius 1 is 1.42 bits per heavy atom. The zero-order chi connectivity index (χ0) is 14.5. The van der Waals surface area contributed by atoms with Crippen molar-refractivity contribution in [2.24, 2.45) is 5.84 Å². The number of rotatable bonds is 5. The van der Waals surface area contributed by atoms with Crippen LogP contribution < -0.4 is 16.6 Å². The number of hydrogen-bond acceptors (Lipinski definition) is 4. The Morgan fingerprint density at radius 2 is 2.11 bits per heavy atom. The van der Waals surface area contributed by atoms with Gasteiger partial charge in [0, 0.05) is 11.3 Å². The van der Waals surface area contributed by atoms with Crippen LogP contribution in [0.5, 0.6) is 0 Å². The molecule has 0 aliphatic carbocycles. The highest BCUT2D eigenvalue weighted by Crippen LogP contribution is 2.14. The molecule has 0 aliphatic rings. The van der Waals surface area contributed by atoms with E-state index in [1.165, 1.54) is 12.1 Å². The Labute approximate surface area is 108 Å². The maximum Gasteiger partial charge on any atom is 0.405 e. The molecule has 106 valence electrons. The highest BCUT2D eigenvalue weighted by atomic mass is 19.4. The van der Waals surface area contributed by atoms with E-state index < -0.39 is 18.6 Å². The van der Waals surface area contributed by atoms with Crippen LogP contribution in [0.15, 0.2) is 12.1 Å². The number of nitrogens with zero attached hydrogens (tertiary/aromatic N) is 1. The van der Waals surface area contributed by atoms with E-state index in [9.17, 15) is 18.0 Å². The van der Waals surface area contributed by atoms with E-state index in [1.54, 1.807) is 5.32 Å². The SMILES string of the molecule is CCCc1cc(C(=O)NCC(F)(F)F)cc(NN)n1. The minimum Gasteiger partial charge on any atom is -0.343 e. The molecule has 4 N–H and O–H groups in total. The van der Waals surface area contributed by atoms with Gasteiger partial charge in [0.2, 0.25) is 0 Å². The number of nitrogens with one attached hydrogen (secondary N) is 2. The molecule has 5 nitrogen and oxygen atoms in total. The smallest absolute Gasteiger partial charge is 0.343 e. The number of aromatic nitrogens is 1. The largest absolute Gasteiger partial charge is 0.405 e. The van der Waals surface area contributed by atoms with E-state index in [0.717, 1.165) is 6.42 Å². The van der Waals surface area contributed by atoms with Crippen LogP contribution in [0.3, 0.4) is 0 Å². The number of amides is 1. The second kappa shape index (κ2) is 6.37. The van der Waals surface area contributed by atoms with Gasteiger partial charge in [-0.15, -0.1) is 0 Å². The molecule has 0 radical (unpaired) electrons. The van der Waals surface area contributed by atoms with Crippen LogP contribution in [0.25, 0.3) is 0 Å². The molecule has 0 fully saturated rings. The van der Waals surface area contributed by atoms with Gasteiger partial charge in [0.15, 0.2) is 0 Å². The molecule has 1 aromatic heterocycles. The van der Waals surface area contributed by atoms with Gasteiger partial charge in [-0.05, 0) is 18.6 Å². The summed E-state index contributed by atoms with van der Waals surface area (Å²) in [6.45, 7) is 0.552. The zero-order valence-electron chi connectivity index (χ0n) is 10.3. The van der Waals surface area contributed by atoms with E-state index in [0.29, 0.717) is 12.1 Å². The number of nitrogens with two attached hydrogens (primary N) is 1. The maximum atomic E-state index is 12.0. The average Bonchev–Trinajstić information content (AvgIpc) is 2.35.